The number of imide groups is 1. The molecule has 0 saturated carbocycles. The molecule has 1 aromatic carbocycles. The summed E-state index contributed by atoms with van der Waals surface area (Å²) < 4.78 is 15.8. The number of fused-ring (bicyclic) bond motifs is 2. The van der Waals surface area contributed by atoms with Gasteiger partial charge in [0.1, 0.15) is 12.0 Å². The van der Waals surface area contributed by atoms with Crippen molar-refractivity contribution in [2.24, 2.45) is 0 Å². The van der Waals surface area contributed by atoms with Crippen molar-refractivity contribution in [2.75, 3.05) is 6.61 Å². The molecule has 5 rings (SSSR count). The number of rotatable bonds is 3. The zero-order chi connectivity index (χ0) is 18.4. The van der Waals surface area contributed by atoms with Crippen molar-refractivity contribution < 1.29 is 23.3 Å². The Bertz CT molecular complexity index is 1030. The molecule has 3 amide bonds. The second-order valence-electron chi connectivity index (χ2n) is 6.35. The number of furan rings is 1. The van der Waals surface area contributed by atoms with Crippen LogP contribution in [0.2, 0.25) is 0 Å². The van der Waals surface area contributed by atoms with Crippen LogP contribution >= 0.6 is 0 Å². The number of amides is 3. The quantitative estimate of drug-likeness (QED) is 0.706. The van der Waals surface area contributed by atoms with Crippen molar-refractivity contribution in [3.8, 4) is 17.2 Å². The van der Waals surface area contributed by atoms with Crippen LogP contribution in [0, 0.1) is 0 Å². The maximum absolute atomic E-state index is 13.2. The van der Waals surface area contributed by atoms with E-state index >= 15 is 0 Å². The van der Waals surface area contributed by atoms with Crippen LogP contribution in [0.5, 0.6) is 5.75 Å². The highest BCUT2D eigenvalue weighted by atomic mass is 16.5. The molecular weight excluding hydrogens is 352 g/mol. The number of para-hydroxylation sites is 1. The number of hydrogen-bond donors (Lipinski definition) is 1. The van der Waals surface area contributed by atoms with Gasteiger partial charge in [0.05, 0.1) is 25.0 Å². The predicted molar refractivity (Wildman–Crippen MR) is 89.3 cm³/mol. The number of nitrogens with zero attached hydrogens (tertiary/aromatic N) is 3. The Kier molecular flexibility index (Phi) is 3.30. The average Bonchev–Trinajstić information content (AvgIpc) is 3.40. The molecule has 0 radical (unpaired) electrons. The summed E-state index contributed by atoms with van der Waals surface area (Å²) in [6.07, 6.45) is 3.32. The van der Waals surface area contributed by atoms with Crippen LogP contribution in [0.1, 0.15) is 17.8 Å². The van der Waals surface area contributed by atoms with Crippen LogP contribution in [-0.2, 0) is 16.9 Å². The van der Waals surface area contributed by atoms with Crippen LogP contribution < -0.4 is 10.1 Å². The van der Waals surface area contributed by atoms with Gasteiger partial charge in [-0.2, -0.15) is 4.98 Å². The first-order valence-corrected chi connectivity index (χ1v) is 8.39. The van der Waals surface area contributed by atoms with E-state index < -0.39 is 11.6 Å². The van der Waals surface area contributed by atoms with E-state index in [0.717, 1.165) is 4.90 Å². The number of benzene rings is 1. The molecule has 27 heavy (non-hydrogen) atoms. The van der Waals surface area contributed by atoms with Gasteiger partial charge in [0.15, 0.2) is 11.4 Å². The first-order valence-electron chi connectivity index (χ1n) is 8.39. The minimum atomic E-state index is -1.12. The molecule has 1 fully saturated rings. The van der Waals surface area contributed by atoms with E-state index in [0.29, 0.717) is 29.9 Å². The summed E-state index contributed by atoms with van der Waals surface area (Å²) in [4.78, 5) is 31.1. The molecule has 1 atom stereocenters. The molecule has 2 aliphatic heterocycles. The second kappa shape index (κ2) is 5.70. The van der Waals surface area contributed by atoms with E-state index in [2.05, 4.69) is 15.5 Å². The van der Waals surface area contributed by atoms with E-state index in [-0.39, 0.29) is 24.2 Å². The molecule has 2 aromatic heterocycles. The summed E-state index contributed by atoms with van der Waals surface area (Å²) in [6, 6.07) is 8.41. The zero-order valence-corrected chi connectivity index (χ0v) is 14.0. The largest absolute Gasteiger partial charge is 0.493 e. The summed E-state index contributed by atoms with van der Waals surface area (Å²) in [5.41, 5.74) is 0.161. The van der Waals surface area contributed by atoms with Crippen LogP contribution in [0.3, 0.4) is 0 Å². The van der Waals surface area contributed by atoms with E-state index in [4.69, 9.17) is 13.7 Å². The molecule has 0 bridgehead atoms. The fraction of sp³-hybridized carbons (Fsp3) is 0.222. The fourth-order valence-electron chi connectivity index (χ4n) is 3.48. The van der Waals surface area contributed by atoms with Crippen molar-refractivity contribution in [2.45, 2.75) is 18.5 Å². The molecule has 1 saturated heterocycles. The number of urea groups is 1. The smallest absolute Gasteiger partial charge is 0.325 e. The van der Waals surface area contributed by atoms with Crippen molar-refractivity contribution in [1.29, 1.82) is 0 Å². The molecule has 9 heteroatoms. The maximum Gasteiger partial charge on any atom is 0.325 e. The fourth-order valence-corrected chi connectivity index (χ4v) is 3.48. The van der Waals surface area contributed by atoms with E-state index in [1.54, 1.807) is 18.2 Å². The van der Waals surface area contributed by atoms with Gasteiger partial charge in [-0.25, -0.2) is 4.79 Å². The molecule has 2 aliphatic rings. The maximum atomic E-state index is 13.2. The van der Waals surface area contributed by atoms with Gasteiger partial charge in [-0.1, -0.05) is 23.4 Å². The Balaban J connectivity index is 1.44. The van der Waals surface area contributed by atoms with Gasteiger partial charge in [-0.15, -0.1) is 0 Å². The summed E-state index contributed by atoms with van der Waals surface area (Å²) in [7, 11) is 0. The number of hydrogen-bond acceptors (Lipinski definition) is 7. The Morgan fingerprint density at radius 3 is 2.96 bits per heavy atom. The number of carbonyl (C=O) groups is 2. The minimum Gasteiger partial charge on any atom is -0.493 e. The number of aromatic nitrogens is 2. The molecule has 0 aliphatic carbocycles. The molecule has 9 nitrogen and oxygen atoms in total. The van der Waals surface area contributed by atoms with Crippen LogP contribution in [-0.4, -0.2) is 33.6 Å². The topological polar surface area (TPSA) is 111 Å². The van der Waals surface area contributed by atoms with Gasteiger partial charge in [0, 0.05) is 12.0 Å². The predicted octanol–water partition coefficient (Wildman–Crippen LogP) is 2.06. The van der Waals surface area contributed by atoms with Gasteiger partial charge in [-0.05, 0) is 12.1 Å². The lowest BCUT2D eigenvalue weighted by molar-refractivity contribution is -0.133. The lowest BCUT2D eigenvalue weighted by Gasteiger charge is -2.33. The van der Waals surface area contributed by atoms with E-state index in [9.17, 15) is 9.59 Å². The van der Waals surface area contributed by atoms with Crippen LogP contribution in [0.4, 0.5) is 4.79 Å². The summed E-state index contributed by atoms with van der Waals surface area (Å²) in [6.45, 7) is 0.251. The standard InChI is InChI=1S/C18H14N4O5/c23-16-18(6-8-26-13-4-2-1-3-12(13)18)20-17(24)22(16)9-14-19-15(27-21-14)11-5-7-25-10-11/h1-5,7,10H,6,8-9H2,(H,20,24). The van der Waals surface area contributed by atoms with E-state index in [1.165, 1.54) is 12.5 Å². The van der Waals surface area contributed by atoms with Crippen LogP contribution in [0.25, 0.3) is 11.5 Å². The number of nitrogens with one attached hydrogen (secondary N) is 1. The lowest BCUT2D eigenvalue weighted by Crippen LogP contribution is -2.47. The monoisotopic (exact) mass is 366 g/mol. The lowest BCUT2D eigenvalue weighted by atomic mass is 9.84. The number of ether oxygens (including phenoxy) is 1. The molecule has 1 N–H and O–H groups in total. The van der Waals surface area contributed by atoms with Crippen molar-refractivity contribution >= 4 is 11.9 Å². The molecule has 1 unspecified atom stereocenters. The highest BCUT2D eigenvalue weighted by molar-refractivity contribution is 6.07. The van der Waals surface area contributed by atoms with Crippen LogP contribution in [0.15, 0.2) is 51.8 Å². The Labute approximate surface area is 152 Å². The number of carbonyl (C=O) groups excluding carboxylic acids is 2. The molecule has 1 spiro atoms. The Hall–Kier alpha value is -3.62. The molecular formula is C18H14N4O5. The zero-order valence-electron chi connectivity index (χ0n) is 14.0. The summed E-state index contributed by atoms with van der Waals surface area (Å²) in [5.74, 6) is 0.739. The third-order valence-corrected chi connectivity index (χ3v) is 4.79. The van der Waals surface area contributed by atoms with E-state index in [1.807, 2.05) is 12.1 Å². The molecule has 3 aromatic rings. The van der Waals surface area contributed by atoms with Crippen molar-refractivity contribution in [3.63, 3.8) is 0 Å². The minimum absolute atomic E-state index is 0.0865. The third-order valence-electron chi connectivity index (χ3n) is 4.79. The average molecular weight is 366 g/mol. The summed E-state index contributed by atoms with van der Waals surface area (Å²) in [5, 5.41) is 6.69. The van der Waals surface area contributed by atoms with Gasteiger partial charge >= 0.3 is 6.03 Å². The SMILES string of the molecule is O=C1NC2(CCOc3ccccc32)C(=O)N1Cc1noc(-c2ccoc2)n1. The van der Waals surface area contributed by atoms with Gasteiger partial charge < -0.3 is 19.0 Å². The van der Waals surface area contributed by atoms with Gasteiger partial charge in [0.2, 0.25) is 0 Å². The Morgan fingerprint density at radius 2 is 2.11 bits per heavy atom. The van der Waals surface area contributed by atoms with Gasteiger partial charge in [-0.3, -0.25) is 9.69 Å². The highest BCUT2D eigenvalue weighted by Crippen LogP contribution is 2.41. The Morgan fingerprint density at radius 1 is 1.22 bits per heavy atom. The first-order chi connectivity index (χ1) is 13.2. The second-order valence-corrected chi connectivity index (χ2v) is 6.35. The summed E-state index contributed by atoms with van der Waals surface area (Å²) >= 11 is 0. The normalized spacial score (nSPS) is 21.3. The highest BCUT2D eigenvalue weighted by Gasteiger charge is 2.55. The first kappa shape index (κ1) is 15.6. The molecule has 136 valence electrons. The van der Waals surface area contributed by atoms with Crippen molar-refractivity contribution in [1.82, 2.24) is 20.4 Å². The van der Waals surface area contributed by atoms with Gasteiger partial charge in [0.25, 0.3) is 11.8 Å². The third kappa shape index (κ3) is 2.31. The van der Waals surface area contributed by atoms with Crippen molar-refractivity contribution in [3.05, 3.63) is 54.2 Å². The molecule has 4 heterocycles.